The van der Waals surface area contributed by atoms with Crippen LogP contribution in [0, 0.1) is 0 Å². The topological polar surface area (TPSA) is 96.4 Å². The van der Waals surface area contributed by atoms with Crippen molar-refractivity contribution in [1.29, 1.82) is 0 Å². The highest BCUT2D eigenvalue weighted by Crippen LogP contribution is 2.30. The largest absolute Gasteiger partial charge is 0.486 e. The maximum atomic E-state index is 12.7. The van der Waals surface area contributed by atoms with E-state index < -0.39 is 0 Å². The summed E-state index contributed by atoms with van der Waals surface area (Å²) < 4.78 is 14.2. The Morgan fingerprint density at radius 2 is 1.96 bits per heavy atom. The van der Waals surface area contributed by atoms with Crippen LogP contribution in [0.5, 0.6) is 11.5 Å². The molecule has 0 bridgehead atoms. The molecular weight excluding hydrogens is 324 g/mol. The lowest BCUT2D eigenvalue weighted by molar-refractivity contribution is 0.171. The number of nitrogens with zero attached hydrogens (tertiary/aromatic N) is 6. The summed E-state index contributed by atoms with van der Waals surface area (Å²) in [6.45, 7) is 1.46. The summed E-state index contributed by atoms with van der Waals surface area (Å²) in [5.74, 6) is 1.78. The molecule has 4 heterocycles. The van der Waals surface area contributed by atoms with Gasteiger partial charge in [-0.25, -0.2) is 0 Å². The molecule has 9 nitrogen and oxygen atoms in total. The first kappa shape index (κ1) is 13.9. The molecule has 0 atom stereocenters. The van der Waals surface area contributed by atoms with Crippen molar-refractivity contribution in [1.82, 2.24) is 29.4 Å². The molecule has 1 aliphatic heterocycles. The van der Waals surface area contributed by atoms with Crippen molar-refractivity contribution in [3.8, 4) is 11.5 Å². The van der Waals surface area contributed by atoms with Gasteiger partial charge in [-0.3, -0.25) is 4.79 Å². The summed E-state index contributed by atoms with van der Waals surface area (Å²) in [7, 11) is 0. The van der Waals surface area contributed by atoms with Crippen LogP contribution in [-0.2, 0) is 6.54 Å². The quantitative estimate of drug-likeness (QED) is 0.530. The minimum Gasteiger partial charge on any atom is -0.486 e. The molecule has 0 unspecified atom stereocenters. The maximum absolute atomic E-state index is 12.7. The predicted octanol–water partition coefficient (Wildman–Crippen LogP) is 0.654. The summed E-state index contributed by atoms with van der Waals surface area (Å²) >= 11 is 0. The highest BCUT2D eigenvalue weighted by atomic mass is 16.6. The molecule has 0 saturated carbocycles. The van der Waals surface area contributed by atoms with Crippen LogP contribution in [0.2, 0.25) is 0 Å². The van der Waals surface area contributed by atoms with E-state index in [0.29, 0.717) is 36.8 Å². The third-order valence-corrected chi connectivity index (χ3v) is 4.08. The van der Waals surface area contributed by atoms with Crippen molar-refractivity contribution in [2.24, 2.45) is 0 Å². The van der Waals surface area contributed by atoms with Gasteiger partial charge >= 0.3 is 0 Å². The number of hydrogen-bond donors (Lipinski definition) is 0. The summed E-state index contributed by atoms with van der Waals surface area (Å²) in [4.78, 5) is 16.7. The van der Waals surface area contributed by atoms with E-state index in [-0.39, 0.29) is 11.1 Å². The molecule has 25 heavy (non-hydrogen) atoms. The molecule has 0 saturated heterocycles. The molecule has 0 fully saturated rings. The first-order valence-electron chi connectivity index (χ1n) is 7.74. The van der Waals surface area contributed by atoms with Crippen molar-refractivity contribution in [2.45, 2.75) is 6.54 Å². The molecule has 0 amide bonds. The summed E-state index contributed by atoms with van der Waals surface area (Å²) in [6, 6.07) is 7.44. The van der Waals surface area contributed by atoms with Crippen molar-refractivity contribution in [3.63, 3.8) is 0 Å². The molecule has 1 aromatic carbocycles. The van der Waals surface area contributed by atoms with E-state index in [1.54, 1.807) is 16.8 Å². The first-order valence-corrected chi connectivity index (χ1v) is 7.74. The van der Waals surface area contributed by atoms with Gasteiger partial charge in [0.1, 0.15) is 25.1 Å². The van der Waals surface area contributed by atoms with Gasteiger partial charge in [0, 0.05) is 6.20 Å². The molecule has 0 N–H and O–H groups in total. The zero-order chi connectivity index (χ0) is 16.8. The van der Waals surface area contributed by atoms with Gasteiger partial charge in [-0.15, -0.1) is 10.2 Å². The maximum Gasteiger partial charge on any atom is 0.280 e. The Kier molecular flexibility index (Phi) is 2.93. The van der Waals surface area contributed by atoms with E-state index in [1.165, 1.54) is 10.8 Å². The van der Waals surface area contributed by atoms with Gasteiger partial charge in [0.2, 0.25) is 0 Å². The van der Waals surface area contributed by atoms with E-state index in [9.17, 15) is 4.79 Å². The van der Waals surface area contributed by atoms with Crippen molar-refractivity contribution >= 4 is 16.8 Å². The molecule has 9 heteroatoms. The Labute approximate surface area is 140 Å². The van der Waals surface area contributed by atoms with Crippen LogP contribution >= 0.6 is 0 Å². The lowest BCUT2D eigenvalue weighted by atomic mass is 10.2. The fourth-order valence-corrected chi connectivity index (χ4v) is 2.89. The van der Waals surface area contributed by atoms with Gasteiger partial charge in [0.05, 0.1) is 6.54 Å². The van der Waals surface area contributed by atoms with Gasteiger partial charge in [0.25, 0.3) is 11.3 Å². The van der Waals surface area contributed by atoms with Gasteiger partial charge in [-0.05, 0) is 23.8 Å². The third-order valence-electron chi connectivity index (χ3n) is 4.08. The normalized spacial score (nSPS) is 13.4. The Hall–Kier alpha value is -3.49. The van der Waals surface area contributed by atoms with Gasteiger partial charge in [0.15, 0.2) is 17.0 Å². The second-order valence-corrected chi connectivity index (χ2v) is 5.63. The Balaban J connectivity index is 1.58. The number of aromatic nitrogens is 6. The number of fused-ring (bicyclic) bond motifs is 4. The second-order valence-electron chi connectivity index (χ2n) is 5.63. The summed E-state index contributed by atoms with van der Waals surface area (Å²) in [5, 5.41) is 12.0. The van der Waals surface area contributed by atoms with Crippen LogP contribution in [0.1, 0.15) is 5.56 Å². The SMILES string of the molecule is O=c1c2nnc3ncnn3c2ccn1Cc1ccc2c(c1)OCCO2. The fourth-order valence-electron chi connectivity index (χ4n) is 2.89. The molecule has 0 radical (unpaired) electrons. The average Bonchev–Trinajstić information content (AvgIpc) is 3.13. The van der Waals surface area contributed by atoms with E-state index in [0.717, 1.165) is 11.3 Å². The smallest absolute Gasteiger partial charge is 0.280 e. The standard InChI is InChI=1S/C16H12N6O3/c23-15-14-11(22-16(20-19-14)17-9-18-22)3-4-21(15)8-10-1-2-12-13(7-10)25-6-5-24-12/h1-4,7,9H,5-6,8H2. The van der Waals surface area contributed by atoms with Crippen LogP contribution in [-0.4, -0.2) is 42.6 Å². The first-order chi connectivity index (χ1) is 12.3. The predicted molar refractivity (Wildman–Crippen MR) is 86.9 cm³/mol. The molecule has 0 aliphatic carbocycles. The second kappa shape index (κ2) is 5.26. The van der Waals surface area contributed by atoms with Crippen LogP contribution in [0.15, 0.2) is 41.6 Å². The lowest BCUT2D eigenvalue weighted by Gasteiger charge is -2.19. The molecular formula is C16H12N6O3. The number of rotatable bonds is 2. The van der Waals surface area contributed by atoms with Gasteiger partial charge in [-0.1, -0.05) is 6.07 Å². The molecule has 5 rings (SSSR count). The lowest BCUT2D eigenvalue weighted by Crippen LogP contribution is -2.22. The number of pyridine rings is 1. The van der Waals surface area contributed by atoms with Crippen molar-refractivity contribution in [3.05, 3.63) is 52.7 Å². The molecule has 3 aromatic heterocycles. The fraction of sp³-hybridized carbons (Fsp3) is 0.188. The van der Waals surface area contributed by atoms with Crippen molar-refractivity contribution < 1.29 is 9.47 Å². The highest BCUT2D eigenvalue weighted by Gasteiger charge is 2.14. The zero-order valence-electron chi connectivity index (χ0n) is 13.0. The van der Waals surface area contributed by atoms with Crippen LogP contribution in [0.25, 0.3) is 16.8 Å². The van der Waals surface area contributed by atoms with Crippen LogP contribution in [0.3, 0.4) is 0 Å². The number of benzene rings is 1. The van der Waals surface area contributed by atoms with E-state index in [2.05, 4.69) is 20.3 Å². The molecule has 4 aromatic rings. The summed E-state index contributed by atoms with van der Waals surface area (Å²) in [6.07, 6.45) is 3.09. The number of hydrogen-bond acceptors (Lipinski definition) is 7. The molecule has 0 spiro atoms. The Morgan fingerprint density at radius 3 is 2.88 bits per heavy atom. The Morgan fingerprint density at radius 1 is 1.08 bits per heavy atom. The monoisotopic (exact) mass is 336 g/mol. The number of ether oxygens (including phenoxy) is 2. The molecule has 1 aliphatic rings. The van der Waals surface area contributed by atoms with Gasteiger partial charge in [-0.2, -0.15) is 14.6 Å². The minimum absolute atomic E-state index is 0.239. The van der Waals surface area contributed by atoms with Crippen molar-refractivity contribution in [2.75, 3.05) is 13.2 Å². The van der Waals surface area contributed by atoms with E-state index in [4.69, 9.17) is 9.47 Å². The zero-order valence-corrected chi connectivity index (χ0v) is 13.0. The Bertz CT molecular complexity index is 1170. The summed E-state index contributed by atoms with van der Waals surface area (Å²) in [5.41, 5.74) is 1.52. The third kappa shape index (κ3) is 2.20. The highest BCUT2D eigenvalue weighted by molar-refractivity contribution is 5.74. The van der Waals surface area contributed by atoms with Crippen LogP contribution < -0.4 is 15.0 Å². The van der Waals surface area contributed by atoms with E-state index in [1.807, 2.05) is 18.2 Å². The van der Waals surface area contributed by atoms with Gasteiger partial charge < -0.3 is 14.0 Å². The van der Waals surface area contributed by atoms with Crippen LogP contribution in [0.4, 0.5) is 0 Å². The average molecular weight is 336 g/mol. The minimum atomic E-state index is -0.239. The molecule has 124 valence electrons. The van der Waals surface area contributed by atoms with E-state index >= 15 is 0 Å².